The molecule has 3 aromatic rings. The molecule has 0 spiro atoms. The molecule has 28 heavy (non-hydrogen) atoms. The molecule has 1 atom stereocenters. The Morgan fingerprint density at radius 1 is 1.25 bits per heavy atom. The average Bonchev–Trinajstić information content (AvgIpc) is 3.20. The van der Waals surface area contributed by atoms with Gasteiger partial charge in [-0.2, -0.15) is 23.3 Å². The maximum atomic E-state index is 12.6. The molecule has 146 valence electrons. The molecule has 1 aromatic carbocycles. The highest BCUT2D eigenvalue weighted by Crippen LogP contribution is 2.40. The summed E-state index contributed by atoms with van der Waals surface area (Å²) in [5.74, 6) is -0.786. The van der Waals surface area contributed by atoms with E-state index in [1.54, 1.807) is 16.9 Å². The Hall–Kier alpha value is -3.17. The number of alkyl halides is 3. The fourth-order valence-electron chi connectivity index (χ4n) is 2.93. The second-order valence-electron chi connectivity index (χ2n) is 6.69. The van der Waals surface area contributed by atoms with Gasteiger partial charge in [0.15, 0.2) is 0 Å². The highest BCUT2D eigenvalue weighted by molar-refractivity contribution is 6.04. The molecule has 10 heteroatoms. The molecule has 1 N–H and O–H groups in total. The first-order valence-electron chi connectivity index (χ1n) is 8.69. The van der Waals surface area contributed by atoms with E-state index in [1.165, 1.54) is 24.3 Å². The van der Waals surface area contributed by atoms with E-state index in [2.05, 4.69) is 32.0 Å². The highest BCUT2D eigenvalue weighted by atomic mass is 19.4. The number of nitrogens with zero attached hydrogens (tertiary/aromatic N) is 4. The minimum atomic E-state index is -4.70. The standard InChI is InChI=1S/C18H16F3N5O2/c1-10(11-2-3-11)26-14(8-9-22-26)23-16(27)13-6-4-12(5-7-13)15-24-17(28-25-15)18(19,20)21/h4-11H,2-3H2,1H3,(H,23,27)/t10-/m1/s1. The summed E-state index contributed by atoms with van der Waals surface area (Å²) in [6.45, 7) is 2.06. The normalized spacial score (nSPS) is 15.4. The van der Waals surface area contributed by atoms with Crippen molar-refractivity contribution in [1.82, 2.24) is 19.9 Å². The van der Waals surface area contributed by atoms with Gasteiger partial charge in [0.1, 0.15) is 5.82 Å². The summed E-state index contributed by atoms with van der Waals surface area (Å²) >= 11 is 0. The fourth-order valence-corrected chi connectivity index (χ4v) is 2.93. The van der Waals surface area contributed by atoms with E-state index in [0.717, 1.165) is 12.8 Å². The Morgan fingerprint density at radius 3 is 2.57 bits per heavy atom. The van der Waals surface area contributed by atoms with Gasteiger partial charge in [0.05, 0.1) is 12.2 Å². The maximum absolute atomic E-state index is 12.6. The number of nitrogens with one attached hydrogen (secondary N) is 1. The van der Waals surface area contributed by atoms with Crippen LogP contribution in [0.15, 0.2) is 41.1 Å². The maximum Gasteiger partial charge on any atom is 0.471 e. The first-order chi connectivity index (χ1) is 13.3. The second-order valence-corrected chi connectivity index (χ2v) is 6.69. The van der Waals surface area contributed by atoms with Crippen LogP contribution in [0.1, 0.15) is 42.1 Å². The van der Waals surface area contributed by atoms with Crippen molar-refractivity contribution < 1.29 is 22.5 Å². The molecular formula is C18H16F3N5O2. The molecular weight excluding hydrogens is 375 g/mol. The fraction of sp³-hybridized carbons (Fsp3) is 0.333. The molecule has 4 rings (SSSR count). The van der Waals surface area contributed by atoms with Crippen molar-refractivity contribution in [2.75, 3.05) is 5.32 Å². The van der Waals surface area contributed by atoms with Crippen molar-refractivity contribution in [2.24, 2.45) is 5.92 Å². The van der Waals surface area contributed by atoms with Crippen LogP contribution < -0.4 is 5.32 Å². The third kappa shape index (κ3) is 3.62. The highest BCUT2D eigenvalue weighted by Gasteiger charge is 2.38. The molecule has 1 saturated carbocycles. The molecule has 0 unspecified atom stereocenters. The van der Waals surface area contributed by atoms with Crippen LogP contribution in [0.2, 0.25) is 0 Å². The Bertz CT molecular complexity index is 989. The lowest BCUT2D eigenvalue weighted by Gasteiger charge is -2.15. The summed E-state index contributed by atoms with van der Waals surface area (Å²) in [6.07, 6.45) is -0.762. The van der Waals surface area contributed by atoms with Gasteiger partial charge >= 0.3 is 12.1 Å². The van der Waals surface area contributed by atoms with Crippen LogP contribution in [-0.4, -0.2) is 25.8 Å². The van der Waals surface area contributed by atoms with Gasteiger partial charge in [-0.25, -0.2) is 4.68 Å². The van der Waals surface area contributed by atoms with Crippen molar-refractivity contribution in [1.29, 1.82) is 0 Å². The molecule has 0 aliphatic heterocycles. The van der Waals surface area contributed by atoms with Crippen LogP contribution in [0, 0.1) is 5.92 Å². The van der Waals surface area contributed by atoms with Crippen LogP contribution >= 0.6 is 0 Å². The quantitative estimate of drug-likeness (QED) is 0.705. The van der Waals surface area contributed by atoms with Gasteiger partial charge in [0.25, 0.3) is 5.91 Å². The molecule has 0 saturated heterocycles. The van der Waals surface area contributed by atoms with Gasteiger partial charge in [0.2, 0.25) is 5.82 Å². The summed E-state index contributed by atoms with van der Waals surface area (Å²) < 4.78 is 43.7. The minimum Gasteiger partial charge on any atom is -0.329 e. The van der Waals surface area contributed by atoms with Gasteiger partial charge in [-0.1, -0.05) is 17.3 Å². The van der Waals surface area contributed by atoms with Crippen molar-refractivity contribution in [3.63, 3.8) is 0 Å². The molecule has 0 radical (unpaired) electrons. The van der Waals surface area contributed by atoms with E-state index >= 15 is 0 Å². The van der Waals surface area contributed by atoms with E-state index < -0.39 is 12.1 Å². The monoisotopic (exact) mass is 391 g/mol. The van der Waals surface area contributed by atoms with Gasteiger partial charge in [-0.3, -0.25) is 4.79 Å². The summed E-state index contributed by atoms with van der Waals surface area (Å²) in [6, 6.07) is 7.82. The van der Waals surface area contributed by atoms with E-state index in [0.29, 0.717) is 22.9 Å². The van der Waals surface area contributed by atoms with Crippen molar-refractivity contribution in [3.8, 4) is 11.4 Å². The smallest absolute Gasteiger partial charge is 0.329 e. The van der Waals surface area contributed by atoms with Crippen molar-refractivity contribution >= 4 is 11.7 Å². The van der Waals surface area contributed by atoms with Gasteiger partial charge in [-0.15, -0.1) is 0 Å². The number of anilines is 1. The largest absolute Gasteiger partial charge is 0.471 e. The topological polar surface area (TPSA) is 85.8 Å². The molecule has 1 aliphatic rings. The summed E-state index contributed by atoms with van der Waals surface area (Å²) in [4.78, 5) is 15.8. The number of carbonyl (C=O) groups excluding carboxylic acids is 1. The van der Waals surface area contributed by atoms with Crippen LogP contribution in [0.4, 0.5) is 19.0 Å². The van der Waals surface area contributed by atoms with E-state index in [1.807, 2.05) is 0 Å². The van der Waals surface area contributed by atoms with Crippen LogP contribution in [0.5, 0.6) is 0 Å². The van der Waals surface area contributed by atoms with Gasteiger partial charge < -0.3 is 9.84 Å². The SMILES string of the molecule is C[C@H](C1CC1)n1nccc1NC(=O)c1ccc(-c2noc(C(F)(F)F)n2)cc1. The average molecular weight is 391 g/mol. The van der Waals surface area contributed by atoms with Crippen LogP contribution in [0.25, 0.3) is 11.4 Å². The lowest BCUT2D eigenvalue weighted by molar-refractivity contribution is -0.159. The summed E-state index contributed by atoms with van der Waals surface area (Å²) in [5.41, 5.74) is 0.651. The Balaban J connectivity index is 1.48. The molecule has 2 heterocycles. The molecule has 1 fully saturated rings. The Labute approximate surface area is 157 Å². The second kappa shape index (κ2) is 6.77. The number of amides is 1. The van der Waals surface area contributed by atoms with E-state index in [-0.39, 0.29) is 17.8 Å². The lowest BCUT2D eigenvalue weighted by Crippen LogP contribution is -2.18. The third-order valence-electron chi connectivity index (χ3n) is 4.68. The Kier molecular flexibility index (Phi) is 4.40. The number of aromatic nitrogens is 4. The molecule has 1 amide bonds. The third-order valence-corrected chi connectivity index (χ3v) is 4.68. The van der Waals surface area contributed by atoms with Crippen molar-refractivity contribution in [3.05, 3.63) is 48.0 Å². The van der Waals surface area contributed by atoms with Gasteiger partial charge in [-0.05, 0) is 37.8 Å². The first kappa shape index (κ1) is 18.2. The number of carbonyl (C=O) groups is 1. The van der Waals surface area contributed by atoms with E-state index in [4.69, 9.17) is 0 Å². The predicted octanol–water partition coefficient (Wildman–Crippen LogP) is 4.18. The number of halogens is 3. The zero-order valence-electron chi connectivity index (χ0n) is 14.8. The zero-order valence-corrected chi connectivity index (χ0v) is 14.8. The number of benzene rings is 1. The minimum absolute atomic E-state index is 0.199. The number of hydrogen-bond donors (Lipinski definition) is 1. The summed E-state index contributed by atoms with van der Waals surface area (Å²) in [5, 5.41) is 10.4. The van der Waals surface area contributed by atoms with Crippen molar-refractivity contribution in [2.45, 2.75) is 32.0 Å². The van der Waals surface area contributed by atoms with E-state index in [9.17, 15) is 18.0 Å². The van der Waals surface area contributed by atoms with Crippen LogP contribution in [0.3, 0.4) is 0 Å². The first-order valence-corrected chi connectivity index (χ1v) is 8.69. The van der Waals surface area contributed by atoms with Crippen LogP contribution in [-0.2, 0) is 6.18 Å². The Morgan fingerprint density at radius 2 is 1.96 bits per heavy atom. The van der Waals surface area contributed by atoms with Gasteiger partial charge in [0, 0.05) is 17.2 Å². The summed E-state index contributed by atoms with van der Waals surface area (Å²) in [7, 11) is 0. The number of rotatable bonds is 5. The molecule has 1 aliphatic carbocycles. The molecule has 7 nitrogen and oxygen atoms in total. The number of hydrogen-bond acceptors (Lipinski definition) is 5. The lowest BCUT2D eigenvalue weighted by atomic mass is 10.1. The molecule has 2 aromatic heterocycles. The predicted molar refractivity (Wildman–Crippen MR) is 92.4 cm³/mol. The zero-order chi connectivity index (χ0) is 19.9. The molecule has 0 bridgehead atoms.